The van der Waals surface area contributed by atoms with Crippen molar-refractivity contribution >= 4 is 52.3 Å². The Hall–Kier alpha value is -3.38. The van der Waals surface area contributed by atoms with E-state index in [1.54, 1.807) is 37.5 Å². The summed E-state index contributed by atoms with van der Waals surface area (Å²) in [6.07, 6.45) is 3.92. The number of rotatable bonds is 8. The molecule has 230 valence electrons. The summed E-state index contributed by atoms with van der Waals surface area (Å²) in [7, 11) is 0. The summed E-state index contributed by atoms with van der Waals surface area (Å²) in [4.78, 5) is 34.3. The maximum absolute atomic E-state index is 12.8. The number of halogens is 5. The van der Waals surface area contributed by atoms with Gasteiger partial charge in [0.2, 0.25) is 17.6 Å². The lowest BCUT2D eigenvalue weighted by Gasteiger charge is -2.31. The number of benzene rings is 1. The number of piperidine rings is 1. The number of aromatic nitrogens is 4. The van der Waals surface area contributed by atoms with Crippen LogP contribution in [0.25, 0.3) is 11.1 Å². The van der Waals surface area contributed by atoms with Gasteiger partial charge in [0, 0.05) is 71.7 Å². The van der Waals surface area contributed by atoms with Gasteiger partial charge in [-0.2, -0.15) is 23.3 Å². The minimum absolute atomic E-state index is 0.0506. The summed E-state index contributed by atoms with van der Waals surface area (Å²) in [5, 5.41) is 12.1. The number of carbonyl (C=O) groups excluding carboxylic acids is 2. The van der Waals surface area contributed by atoms with Crippen LogP contribution in [-0.4, -0.2) is 61.6 Å². The lowest BCUT2D eigenvalue weighted by atomic mass is 9.83. The summed E-state index contributed by atoms with van der Waals surface area (Å²) in [6.45, 7) is 2.93. The molecule has 3 aromatic rings. The second-order valence-electron chi connectivity index (χ2n) is 11.2. The summed E-state index contributed by atoms with van der Waals surface area (Å²) < 4.78 is 40.2. The highest BCUT2D eigenvalue weighted by Crippen LogP contribution is 2.35. The van der Waals surface area contributed by atoms with Gasteiger partial charge in [0.15, 0.2) is 0 Å². The smallest absolute Gasteiger partial charge is 0.367 e. The predicted molar refractivity (Wildman–Crippen MR) is 159 cm³/mol. The molecule has 0 unspecified atom stereocenters. The summed E-state index contributed by atoms with van der Waals surface area (Å²) >= 11 is 12.3. The van der Waals surface area contributed by atoms with Crippen LogP contribution < -0.4 is 10.6 Å². The first kappa shape index (κ1) is 31.1. The van der Waals surface area contributed by atoms with Crippen LogP contribution in [0.4, 0.5) is 30.6 Å². The van der Waals surface area contributed by atoms with Gasteiger partial charge >= 0.3 is 6.18 Å². The van der Waals surface area contributed by atoms with E-state index in [2.05, 4.69) is 20.7 Å². The van der Waals surface area contributed by atoms with E-state index in [4.69, 9.17) is 28.2 Å². The highest BCUT2D eigenvalue weighted by Gasteiger charge is 2.39. The van der Waals surface area contributed by atoms with Crippen molar-refractivity contribution in [1.29, 1.82) is 0 Å². The largest absolute Gasteiger partial charge is 0.449 e. The SMILES string of the molecule is CC(=O)N1CCC(n2cc(-c3cnc(Nc4cc(Cl)cc(Cl)c4)nc3NC3CCC(CC(=O)C(F)(F)F)CC3)cn2)CC1. The van der Waals surface area contributed by atoms with Gasteiger partial charge in [-0.3, -0.25) is 14.3 Å². The predicted octanol–water partition coefficient (Wildman–Crippen LogP) is 7.07. The molecule has 1 aromatic carbocycles. The third kappa shape index (κ3) is 7.97. The molecule has 0 spiro atoms. The summed E-state index contributed by atoms with van der Waals surface area (Å²) in [6, 6.07) is 5.12. The van der Waals surface area contributed by atoms with E-state index in [1.807, 2.05) is 15.8 Å². The Bertz CT molecular complexity index is 1450. The van der Waals surface area contributed by atoms with Crippen molar-refractivity contribution in [3.05, 3.63) is 46.8 Å². The van der Waals surface area contributed by atoms with Crippen LogP contribution in [-0.2, 0) is 9.59 Å². The Morgan fingerprint density at radius 2 is 1.67 bits per heavy atom. The quantitative estimate of drug-likeness (QED) is 0.272. The topological polar surface area (TPSA) is 105 Å². The average molecular weight is 639 g/mol. The minimum Gasteiger partial charge on any atom is -0.367 e. The van der Waals surface area contributed by atoms with Gasteiger partial charge in [-0.15, -0.1) is 0 Å². The van der Waals surface area contributed by atoms with Gasteiger partial charge in [-0.05, 0) is 62.6 Å². The van der Waals surface area contributed by atoms with E-state index >= 15 is 0 Å². The van der Waals surface area contributed by atoms with E-state index in [1.165, 1.54) is 0 Å². The summed E-state index contributed by atoms with van der Waals surface area (Å²) in [5.74, 6) is -1.04. The molecule has 1 saturated heterocycles. The maximum Gasteiger partial charge on any atom is 0.449 e. The first-order chi connectivity index (χ1) is 20.4. The standard InChI is InChI=1S/C29H32Cl2F3N7O2/c1-17(42)40-8-6-24(7-9-40)41-16-19(14-36-41)25-15-35-28(38-23-12-20(30)11-21(31)13-23)39-27(25)37-22-4-2-18(3-5-22)10-26(43)29(32,33)34/h11-16,18,22,24H,2-10H2,1H3,(H2,35,37,38,39). The number of amides is 1. The second kappa shape index (κ2) is 13.1. The number of anilines is 3. The lowest BCUT2D eigenvalue weighted by molar-refractivity contribution is -0.172. The molecule has 0 radical (unpaired) electrons. The number of ketones is 1. The molecule has 2 aliphatic rings. The Balaban J connectivity index is 1.34. The molecule has 14 heteroatoms. The second-order valence-corrected chi connectivity index (χ2v) is 12.0. The molecule has 1 amide bonds. The fraction of sp³-hybridized carbons (Fsp3) is 0.483. The molecule has 2 fully saturated rings. The van der Waals surface area contributed by atoms with Crippen molar-refractivity contribution in [2.45, 2.75) is 70.1 Å². The van der Waals surface area contributed by atoms with Crippen molar-refractivity contribution in [3.8, 4) is 11.1 Å². The molecule has 1 saturated carbocycles. The van der Waals surface area contributed by atoms with Crippen LogP contribution in [0.1, 0.15) is 57.9 Å². The molecule has 3 heterocycles. The molecule has 2 aromatic heterocycles. The summed E-state index contributed by atoms with van der Waals surface area (Å²) in [5.41, 5.74) is 2.13. The zero-order chi connectivity index (χ0) is 30.7. The van der Waals surface area contributed by atoms with Crippen LogP contribution in [0.3, 0.4) is 0 Å². The van der Waals surface area contributed by atoms with E-state index in [-0.39, 0.29) is 23.9 Å². The van der Waals surface area contributed by atoms with E-state index < -0.39 is 18.4 Å². The van der Waals surface area contributed by atoms with Gasteiger partial charge in [-0.25, -0.2) is 4.98 Å². The molecule has 0 bridgehead atoms. The Kier molecular flexibility index (Phi) is 9.45. The van der Waals surface area contributed by atoms with E-state index in [0.29, 0.717) is 66.3 Å². The molecular formula is C29H32Cl2F3N7O2. The van der Waals surface area contributed by atoms with Crippen LogP contribution in [0, 0.1) is 5.92 Å². The van der Waals surface area contributed by atoms with Gasteiger partial charge in [0.1, 0.15) is 5.82 Å². The Labute approximate surface area is 257 Å². The van der Waals surface area contributed by atoms with Crippen molar-refractivity contribution < 1.29 is 22.8 Å². The van der Waals surface area contributed by atoms with Crippen LogP contribution in [0.2, 0.25) is 10.0 Å². The minimum atomic E-state index is -4.80. The van der Waals surface area contributed by atoms with E-state index in [9.17, 15) is 22.8 Å². The third-order valence-electron chi connectivity index (χ3n) is 8.08. The first-order valence-electron chi connectivity index (χ1n) is 14.2. The van der Waals surface area contributed by atoms with E-state index in [0.717, 1.165) is 24.0 Å². The monoisotopic (exact) mass is 637 g/mol. The fourth-order valence-electron chi connectivity index (χ4n) is 5.72. The maximum atomic E-state index is 12.8. The Morgan fingerprint density at radius 1 is 1.00 bits per heavy atom. The number of alkyl halides is 3. The number of hydrogen-bond acceptors (Lipinski definition) is 7. The first-order valence-corrected chi connectivity index (χ1v) is 15.0. The zero-order valence-corrected chi connectivity index (χ0v) is 25.0. The number of hydrogen-bond donors (Lipinski definition) is 2. The van der Waals surface area contributed by atoms with Gasteiger partial charge in [0.25, 0.3) is 0 Å². The van der Waals surface area contributed by atoms with Crippen LogP contribution >= 0.6 is 23.2 Å². The van der Waals surface area contributed by atoms with Crippen molar-refractivity contribution in [3.63, 3.8) is 0 Å². The van der Waals surface area contributed by atoms with Crippen LogP contribution in [0.15, 0.2) is 36.8 Å². The van der Waals surface area contributed by atoms with Crippen molar-refractivity contribution in [2.24, 2.45) is 5.92 Å². The fourth-order valence-corrected chi connectivity index (χ4v) is 6.25. The molecule has 9 nitrogen and oxygen atoms in total. The molecule has 43 heavy (non-hydrogen) atoms. The average Bonchev–Trinajstić information content (AvgIpc) is 3.43. The highest BCUT2D eigenvalue weighted by atomic mass is 35.5. The Morgan fingerprint density at radius 3 is 2.30 bits per heavy atom. The number of nitrogens with zero attached hydrogens (tertiary/aromatic N) is 5. The number of carbonyl (C=O) groups is 2. The van der Waals surface area contributed by atoms with Crippen molar-refractivity contribution in [2.75, 3.05) is 23.7 Å². The van der Waals surface area contributed by atoms with Gasteiger partial charge in [0.05, 0.1) is 12.2 Å². The number of Topliss-reactive ketones (excluding diaryl/α,β-unsaturated/α-hetero) is 1. The molecule has 1 aliphatic carbocycles. The van der Waals surface area contributed by atoms with Crippen molar-refractivity contribution in [1.82, 2.24) is 24.6 Å². The molecule has 1 aliphatic heterocycles. The number of likely N-dealkylation sites (tertiary alicyclic amines) is 1. The lowest BCUT2D eigenvalue weighted by Crippen LogP contribution is -2.37. The molecule has 5 rings (SSSR count). The molecule has 2 N–H and O–H groups in total. The van der Waals surface area contributed by atoms with Crippen LogP contribution in [0.5, 0.6) is 0 Å². The van der Waals surface area contributed by atoms with Gasteiger partial charge < -0.3 is 15.5 Å². The number of nitrogens with one attached hydrogen (secondary N) is 2. The third-order valence-corrected chi connectivity index (χ3v) is 8.52. The zero-order valence-electron chi connectivity index (χ0n) is 23.5. The normalized spacial score (nSPS) is 19.7. The molecule has 0 atom stereocenters. The highest BCUT2D eigenvalue weighted by molar-refractivity contribution is 6.35. The van der Waals surface area contributed by atoms with Gasteiger partial charge in [-0.1, -0.05) is 23.2 Å². The molecular weight excluding hydrogens is 606 g/mol.